The number of aromatic nitrogens is 2. The number of rotatable bonds is 3. The highest BCUT2D eigenvalue weighted by molar-refractivity contribution is 5.95. The molecule has 2 aliphatic rings. The molecule has 1 atom stereocenters. The molecule has 4 rings (SSSR count). The van der Waals surface area contributed by atoms with Crippen molar-refractivity contribution in [2.75, 3.05) is 26.2 Å². The van der Waals surface area contributed by atoms with Crippen LogP contribution < -0.4 is 0 Å². The Morgan fingerprint density at radius 3 is 2.52 bits per heavy atom. The van der Waals surface area contributed by atoms with Crippen molar-refractivity contribution in [1.82, 2.24) is 19.4 Å². The van der Waals surface area contributed by atoms with Crippen molar-refractivity contribution in [2.45, 2.75) is 39.0 Å². The van der Waals surface area contributed by atoms with Crippen molar-refractivity contribution < 1.29 is 32.3 Å². The van der Waals surface area contributed by atoms with Crippen LogP contribution in [-0.4, -0.2) is 68.7 Å². The van der Waals surface area contributed by atoms with Gasteiger partial charge in [-0.3, -0.25) is 4.79 Å². The molecule has 0 radical (unpaired) electrons. The molecule has 0 aromatic carbocycles. The normalized spacial score (nSPS) is 19.4. The molecule has 31 heavy (non-hydrogen) atoms. The number of alkyl halides is 3. The van der Waals surface area contributed by atoms with E-state index in [0.717, 1.165) is 25.5 Å². The Morgan fingerprint density at radius 2 is 1.94 bits per heavy atom. The molecule has 1 saturated heterocycles. The second-order valence-corrected chi connectivity index (χ2v) is 7.75. The summed E-state index contributed by atoms with van der Waals surface area (Å²) in [6.45, 7) is 7.51. The van der Waals surface area contributed by atoms with Crippen LogP contribution in [-0.2, 0) is 17.9 Å². The third kappa shape index (κ3) is 5.87. The molecule has 0 aliphatic carbocycles. The van der Waals surface area contributed by atoms with Gasteiger partial charge in [-0.05, 0) is 38.9 Å². The number of carboxylic acid groups (broad SMARTS) is 1. The van der Waals surface area contributed by atoms with Crippen molar-refractivity contribution in [3.05, 3.63) is 41.9 Å². The third-order valence-electron chi connectivity index (χ3n) is 5.40. The van der Waals surface area contributed by atoms with Gasteiger partial charge >= 0.3 is 12.1 Å². The summed E-state index contributed by atoms with van der Waals surface area (Å²) in [5, 5.41) is 7.12. The van der Waals surface area contributed by atoms with Crippen molar-refractivity contribution in [3.63, 3.8) is 0 Å². The number of amides is 1. The maximum Gasteiger partial charge on any atom is 0.490 e. The fourth-order valence-corrected chi connectivity index (χ4v) is 3.92. The van der Waals surface area contributed by atoms with Crippen LogP contribution in [0.5, 0.6) is 0 Å². The van der Waals surface area contributed by atoms with Gasteiger partial charge in [0, 0.05) is 37.9 Å². The van der Waals surface area contributed by atoms with Crippen molar-refractivity contribution in [3.8, 4) is 0 Å². The first-order chi connectivity index (χ1) is 14.6. The minimum atomic E-state index is -5.08. The zero-order valence-corrected chi connectivity index (χ0v) is 17.1. The molecule has 170 valence electrons. The summed E-state index contributed by atoms with van der Waals surface area (Å²) in [6.07, 6.45) is 2.95. The number of likely N-dealkylation sites (tertiary alicyclic amines) is 1. The minimum Gasteiger partial charge on any atom is -0.475 e. The van der Waals surface area contributed by atoms with Crippen LogP contribution >= 0.6 is 0 Å². The molecular weight excluding hydrogens is 417 g/mol. The maximum atomic E-state index is 13.0. The van der Waals surface area contributed by atoms with E-state index in [4.69, 9.17) is 14.3 Å². The lowest BCUT2D eigenvalue weighted by atomic mass is 10.1. The Morgan fingerprint density at radius 1 is 1.26 bits per heavy atom. The smallest absolute Gasteiger partial charge is 0.475 e. The van der Waals surface area contributed by atoms with E-state index in [1.54, 1.807) is 12.3 Å². The molecular formula is C20H25F3N4O4. The lowest BCUT2D eigenvalue weighted by Gasteiger charge is -2.27. The fourth-order valence-electron chi connectivity index (χ4n) is 3.92. The van der Waals surface area contributed by atoms with Gasteiger partial charge in [-0.2, -0.15) is 13.2 Å². The van der Waals surface area contributed by atoms with Crippen LogP contribution in [0.25, 0.3) is 0 Å². The topological polar surface area (TPSA) is 91.8 Å². The van der Waals surface area contributed by atoms with Crippen LogP contribution in [0.1, 0.15) is 34.8 Å². The largest absolute Gasteiger partial charge is 0.490 e. The van der Waals surface area contributed by atoms with E-state index in [-0.39, 0.29) is 5.91 Å². The quantitative estimate of drug-likeness (QED) is 0.786. The molecule has 4 heterocycles. The predicted molar refractivity (Wildman–Crippen MR) is 103 cm³/mol. The number of fused-ring (bicyclic) bond motifs is 1. The number of carbonyl (C=O) groups is 2. The summed E-state index contributed by atoms with van der Waals surface area (Å²) in [6, 6.07) is 1.77. The SMILES string of the molecule is Cc1occc1C(=O)N1Cc2nccn2CC(CN2CCCC2)C1.O=C(O)C(F)(F)F. The van der Waals surface area contributed by atoms with E-state index < -0.39 is 12.1 Å². The molecule has 8 nitrogen and oxygen atoms in total. The Labute approximate surface area is 177 Å². The number of imidazole rings is 1. The number of nitrogens with zero attached hydrogens (tertiary/aromatic N) is 4. The molecule has 11 heteroatoms. The molecule has 2 aliphatic heterocycles. The number of aliphatic carboxylic acids is 1. The number of halogens is 3. The summed E-state index contributed by atoms with van der Waals surface area (Å²) >= 11 is 0. The first-order valence-corrected chi connectivity index (χ1v) is 10.0. The minimum absolute atomic E-state index is 0.0455. The van der Waals surface area contributed by atoms with E-state index in [0.29, 0.717) is 23.8 Å². The molecule has 2 aromatic heterocycles. The molecule has 0 spiro atoms. The van der Waals surface area contributed by atoms with Gasteiger partial charge in [0.05, 0.1) is 18.4 Å². The number of aryl methyl sites for hydroxylation is 1. The average Bonchev–Trinajstić information content (AvgIpc) is 3.42. The third-order valence-corrected chi connectivity index (χ3v) is 5.40. The lowest BCUT2D eigenvalue weighted by molar-refractivity contribution is -0.192. The van der Waals surface area contributed by atoms with E-state index >= 15 is 0 Å². The highest BCUT2D eigenvalue weighted by atomic mass is 19.4. The van der Waals surface area contributed by atoms with E-state index in [1.807, 2.05) is 24.2 Å². The summed E-state index contributed by atoms with van der Waals surface area (Å²) in [5.41, 5.74) is 0.662. The second kappa shape index (κ2) is 9.54. The summed E-state index contributed by atoms with van der Waals surface area (Å²) in [5.74, 6) is -0.636. The highest BCUT2D eigenvalue weighted by Crippen LogP contribution is 2.21. The van der Waals surface area contributed by atoms with Gasteiger partial charge in [0.15, 0.2) is 0 Å². The first-order valence-electron chi connectivity index (χ1n) is 10.0. The Bertz CT molecular complexity index is 902. The highest BCUT2D eigenvalue weighted by Gasteiger charge is 2.38. The lowest BCUT2D eigenvalue weighted by Crippen LogP contribution is -2.38. The van der Waals surface area contributed by atoms with Gasteiger partial charge in [0.2, 0.25) is 0 Å². The Balaban J connectivity index is 0.000000339. The van der Waals surface area contributed by atoms with Gasteiger partial charge in [0.1, 0.15) is 11.6 Å². The van der Waals surface area contributed by atoms with E-state index in [1.165, 1.54) is 25.9 Å². The maximum absolute atomic E-state index is 13.0. The molecule has 1 amide bonds. The monoisotopic (exact) mass is 442 g/mol. The van der Waals surface area contributed by atoms with Crippen molar-refractivity contribution >= 4 is 11.9 Å². The molecule has 1 fully saturated rings. The Hall–Kier alpha value is -2.82. The van der Waals surface area contributed by atoms with Crippen LogP contribution in [0.4, 0.5) is 13.2 Å². The number of hydrogen-bond donors (Lipinski definition) is 1. The van der Waals surface area contributed by atoms with Gasteiger partial charge in [-0.25, -0.2) is 9.78 Å². The van der Waals surface area contributed by atoms with Gasteiger partial charge < -0.3 is 23.9 Å². The van der Waals surface area contributed by atoms with Crippen LogP contribution in [0.3, 0.4) is 0 Å². The van der Waals surface area contributed by atoms with Crippen LogP contribution in [0, 0.1) is 12.8 Å². The number of hydrogen-bond acceptors (Lipinski definition) is 5. The molecule has 0 saturated carbocycles. The van der Waals surface area contributed by atoms with Crippen molar-refractivity contribution in [1.29, 1.82) is 0 Å². The van der Waals surface area contributed by atoms with Gasteiger partial charge in [0.25, 0.3) is 5.91 Å². The first kappa shape index (κ1) is 22.9. The molecule has 2 aromatic rings. The summed E-state index contributed by atoms with van der Waals surface area (Å²) in [4.78, 5) is 30.8. The van der Waals surface area contributed by atoms with Crippen LogP contribution in [0.15, 0.2) is 29.1 Å². The number of furan rings is 1. The zero-order valence-electron chi connectivity index (χ0n) is 17.1. The molecule has 1 unspecified atom stereocenters. The standard InChI is InChI=1S/C18H24N4O2.C2HF3O2/c1-14-16(4-9-24-14)18(23)22-12-15(10-20-6-2-3-7-20)11-21-8-5-19-17(21)13-22;3-2(4,5)1(6)7/h4-5,8-9,15H,2-3,6-7,10-13H2,1H3;(H,6,7). The van der Waals surface area contributed by atoms with Gasteiger partial charge in [-0.1, -0.05) is 0 Å². The van der Waals surface area contributed by atoms with Crippen molar-refractivity contribution in [2.24, 2.45) is 5.92 Å². The molecule has 1 N–H and O–H groups in total. The zero-order chi connectivity index (χ0) is 22.6. The number of carbonyl (C=O) groups excluding carboxylic acids is 1. The number of carboxylic acids is 1. The summed E-state index contributed by atoms with van der Waals surface area (Å²) in [7, 11) is 0. The van der Waals surface area contributed by atoms with Crippen LogP contribution in [0.2, 0.25) is 0 Å². The predicted octanol–water partition coefficient (Wildman–Crippen LogP) is 2.79. The fraction of sp³-hybridized carbons (Fsp3) is 0.550. The van der Waals surface area contributed by atoms with E-state index in [2.05, 4.69) is 14.5 Å². The second-order valence-electron chi connectivity index (χ2n) is 7.75. The van der Waals surface area contributed by atoms with Gasteiger partial charge in [-0.15, -0.1) is 0 Å². The molecule has 0 bridgehead atoms. The summed E-state index contributed by atoms with van der Waals surface area (Å²) < 4.78 is 39.3. The van der Waals surface area contributed by atoms with E-state index in [9.17, 15) is 18.0 Å². The average molecular weight is 442 g/mol. The Kier molecular flexibility index (Phi) is 7.04.